The third kappa shape index (κ3) is 9.14. The van der Waals surface area contributed by atoms with Crippen molar-refractivity contribution < 1.29 is 30.0 Å². The van der Waals surface area contributed by atoms with Crippen LogP contribution in [0.4, 0.5) is 0 Å². The van der Waals surface area contributed by atoms with Crippen molar-refractivity contribution in [3.05, 3.63) is 157 Å². The fourth-order valence-corrected chi connectivity index (χ4v) is 8.48. The zero-order valence-corrected chi connectivity index (χ0v) is 38.2. The van der Waals surface area contributed by atoms with E-state index in [1.807, 2.05) is 27.7 Å². The molecule has 0 amide bonds. The number of ketones is 1. The van der Waals surface area contributed by atoms with Crippen LogP contribution in [0.2, 0.25) is 0 Å². The molecule has 4 nitrogen and oxygen atoms in total. The first kappa shape index (κ1) is 44.1. The maximum absolute atomic E-state index is 11.7. The van der Waals surface area contributed by atoms with Crippen molar-refractivity contribution in [2.75, 3.05) is 0 Å². The van der Waals surface area contributed by atoms with Crippen LogP contribution in [-0.2, 0) is 24.9 Å². The summed E-state index contributed by atoms with van der Waals surface area (Å²) in [7, 11) is 0. The molecule has 0 atom stereocenters. The van der Waals surface area contributed by atoms with E-state index in [2.05, 4.69) is 153 Å². The SMILES string of the molecule is CCC(CC)C(=O)/C=C(\O)C(CC)CC.Cc1[c-]c(-c2ncnc3cc(C(C)C)ccc23)cc(-c2ccc3c(c2)-c2ccccc2-c2ccccc2-c2ccccc2-3)c1.[Ir]. The Morgan fingerprint density at radius 1 is 0.617 bits per heavy atom. The number of aliphatic hydroxyl groups is 1. The zero-order valence-electron chi connectivity index (χ0n) is 35.8. The summed E-state index contributed by atoms with van der Waals surface area (Å²) in [5, 5.41) is 10.8. The molecule has 0 spiro atoms. The molecule has 1 N–H and O–H groups in total. The van der Waals surface area contributed by atoms with Gasteiger partial charge >= 0.3 is 0 Å². The summed E-state index contributed by atoms with van der Waals surface area (Å²) >= 11 is 0. The number of benzene rings is 6. The van der Waals surface area contributed by atoms with Gasteiger partial charge in [-0.25, -0.2) is 4.98 Å². The van der Waals surface area contributed by atoms with Crippen LogP contribution in [0.3, 0.4) is 0 Å². The van der Waals surface area contributed by atoms with E-state index in [1.54, 1.807) is 6.33 Å². The second kappa shape index (κ2) is 19.7. The molecule has 7 aromatic rings. The number of aliphatic hydroxyl groups excluding tert-OH is 1. The Morgan fingerprint density at radius 2 is 1.13 bits per heavy atom. The number of hydrogen-bond donors (Lipinski definition) is 1. The van der Waals surface area contributed by atoms with E-state index >= 15 is 0 Å². The molecular formula is C55H55IrN2O2-. The van der Waals surface area contributed by atoms with Crippen molar-refractivity contribution in [1.29, 1.82) is 0 Å². The minimum atomic E-state index is 0. The Balaban J connectivity index is 0.000000325. The van der Waals surface area contributed by atoms with Crippen LogP contribution in [-0.4, -0.2) is 20.9 Å². The first-order valence-corrected chi connectivity index (χ1v) is 21.3. The van der Waals surface area contributed by atoms with Crippen molar-refractivity contribution in [2.24, 2.45) is 11.8 Å². The number of allylic oxidation sites excluding steroid dienone is 2. The largest absolute Gasteiger partial charge is 0.512 e. The molecule has 0 saturated carbocycles. The monoisotopic (exact) mass is 968 g/mol. The molecule has 0 bridgehead atoms. The standard InChI is InChI=1S/C42H31N2.C13H24O2.Ir/c1-26(2)28-16-19-39-41(24-28)43-25-44-42(39)31-21-27(3)20-30(22-31)29-17-18-38-36-14-7-6-12-34(36)32-10-4-5-11-33(32)35-13-8-9-15-37(35)40(38)23-29;1-5-10(6-2)12(14)9-13(15)11(7-3)8-4;/h4-20,22-26H,1-3H3;9-11,14H,5-8H2,1-4H3;/q-1;;/b;12-9-;. The Labute approximate surface area is 370 Å². The summed E-state index contributed by atoms with van der Waals surface area (Å²) in [5.74, 6) is 0.990. The molecule has 0 saturated heterocycles. The fraction of sp³-hybridized carbons (Fsp3) is 0.255. The molecule has 1 aromatic heterocycles. The third-order valence-corrected chi connectivity index (χ3v) is 12.0. The van der Waals surface area contributed by atoms with Gasteiger partial charge in [0.25, 0.3) is 0 Å². The molecule has 1 aliphatic carbocycles. The van der Waals surface area contributed by atoms with Crippen molar-refractivity contribution >= 4 is 16.7 Å². The minimum Gasteiger partial charge on any atom is -0.512 e. The Morgan fingerprint density at radius 3 is 1.65 bits per heavy atom. The molecule has 1 aliphatic rings. The molecule has 8 rings (SSSR count). The van der Waals surface area contributed by atoms with Crippen LogP contribution < -0.4 is 0 Å². The molecule has 1 radical (unpaired) electrons. The quantitative estimate of drug-likeness (QED) is 0.0843. The average Bonchev–Trinajstić information content (AvgIpc) is 3.26. The normalized spacial score (nSPS) is 11.7. The van der Waals surface area contributed by atoms with Gasteiger partial charge in [0, 0.05) is 38.0 Å². The van der Waals surface area contributed by atoms with E-state index in [1.165, 1.54) is 61.7 Å². The summed E-state index contributed by atoms with van der Waals surface area (Å²) in [4.78, 5) is 21.1. The van der Waals surface area contributed by atoms with Crippen molar-refractivity contribution in [3.63, 3.8) is 0 Å². The topological polar surface area (TPSA) is 63.1 Å². The van der Waals surface area contributed by atoms with Crippen LogP contribution in [0.25, 0.3) is 77.8 Å². The van der Waals surface area contributed by atoms with Crippen LogP contribution >= 0.6 is 0 Å². The summed E-state index contributed by atoms with van der Waals surface area (Å²) in [6, 6.07) is 47.9. The molecule has 5 heteroatoms. The number of hydrogen-bond acceptors (Lipinski definition) is 4. The van der Waals surface area contributed by atoms with Gasteiger partial charge in [0.2, 0.25) is 0 Å². The van der Waals surface area contributed by atoms with Gasteiger partial charge in [-0.15, -0.1) is 34.9 Å². The first-order valence-electron chi connectivity index (χ1n) is 21.3. The smallest absolute Gasteiger partial charge is 0.162 e. The molecule has 1 heterocycles. The number of nitrogens with zero attached hydrogens (tertiary/aromatic N) is 2. The summed E-state index contributed by atoms with van der Waals surface area (Å²) in [5.41, 5.74) is 17.6. The van der Waals surface area contributed by atoms with Gasteiger partial charge < -0.3 is 5.11 Å². The van der Waals surface area contributed by atoms with Gasteiger partial charge in [-0.2, -0.15) is 0 Å². The number of carbonyl (C=O) groups is 1. The van der Waals surface area contributed by atoms with Crippen LogP contribution in [0.5, 0.6) is 0 Å². The molecule has 0 fully saturated rings. The predicted octanol–water partition coefficient (Wildman–Crippen LogP) is 15.0. The first-order chi connectivity index (χ1) is 28.6. The Bertz CT molecular complexity index is 2650. The second-order valence-electron chi connectivity index (χ2n) is 16.0. The maximum Gasteiger partial charge on any atom is 0.162 e. The van der Waals surface area contributed by atoms with E-state index in [0.29, 0.717) is 5.92 Å². The fourth-order valence-electron chi connectivity index (χ4n) is 8.48. The number of rotatable bonds is 10. The number of aromatic nitrogens is 2. The van der Waals surface area contributed by atoms with Crippen LogP contribution in [0.1, 0.15) is 84.3 Å². The van der Waals surface area contributed by atoms with E-state index in [4.69, 9.17) is 4.98 Å². The Hall–Kier alpha value is -5.48. The van der Waals surface area contributed by atoms with Crippen LogP contribution in [0.15, 0.2) is 139 Å². The van der Waals surface area contributed by atoms with Crippen molar-refractivity contribution in [2.45, 2.75) is 80.1 Å². The molecule has 307 valence electrons. The Kier molecular flexibility index (Phi) is 14.5. The van der Waals surface area contributed by atoms with Gasteiger partial charge in [0.1, 0.15) is 6.33 Å². The number of fused-ring (bicyclic) bond motifs is 9. The molecule has 0 unspecified atom stereocenters. The molecule has 60 heavy (non-hydrogen) atoms. The van der Waals surface area contributed by atoms with Gasteiger partial charge in [-0.1, -0.05) is 146 Å². The van der Waals surface area contributed by atoms with E-state index in [9.17, 15) is 9.90 Å². The van der Waals surface area contributed by atoms with Crippen molar-refractivity contribution in [1.82, 2.24) is 9.97 Å². The predicted molar refractivity (Wildman–Crippen MR) is 247 cm³/mol. The summed E-state index contributed by atoms with van der Waals surface area (Å²) < 4.78 is 0. The van der Waals surface area contributed by atoms with Crippen LogP contribution in [0, 0.1) is 24.8 Å². The van der Waals surface area contributed by atoms with Gasteiger partial charge in [0.15, 0.2) is 5.78 Å². The number of carbonyl (C=O) groups excluding carboxylic acids is 1. The molecule has 6 aromatic carbocycles. The summed E-state index contributed by atoms with van der Waals surface area (Å²) in [6.07, 6.45) is 6.58. The number of aryl methyl sites for hydroxylation is 1. The van der Waals surface area contributed by atoms with Gasteiger partial charge in [-0.05, 0) is 110 Å². The van der Waals surface area contributed by atoms with E-state index < -0.39 is 0 Å². The second-order valence-corrected chi connectivity index (χ2v) is 16.0. The van der Waals surface area contributed by atoms with E-state index in [0.717, 1.165) is 59.0 Å². The average molecular weight is 968 g/mol. The maximum atomic E-state index is 11.7. The molecular weight excluding hydrogens is 913 g/mol. The van der Waals surface area contributed by atoms with Crippen molar-refractivity contribution in [3.8, 4) is 66.9 Å². The van der Waals surface area contributed by atoms with Gasteiger partial charge in [0.05, 0.1) is 11.3 Å². The molecule has 0 aliphatic heterocycles. The third-order valence-electron chi connectivity index (χ3n) is 12.0. The van der Waals surface area contributed by atoms with E-state index in [-0.39, 0.29) is 43.5 Å². The minimum absolute atomic E-state index is 0. The zero-order chi connectivity index (χ0) is 41.6. The summed E-state index contributed by atoms with van der Waals surface area (Å²) in [6.45, 7) is 14.6. The van der Waals surface area contributed by atoms with Gasteiger partial charge in [-0.3, -0.25) is 9.78 Å².